The fourth-order valence-electron chi connectivity index (χ4n) is 3.63. The third-order valence-electron chi connectivity index (χ3n) is 5.33. The van der Waals surface area contributed by atoms with Crippen LogP contribution in [0.1, 0.15) is 34.3 Å². The van der Waals surface area contributed by atoms with E-state index in [1.165, 1.54) is 16.0 Å². The number of rotatable bonds is 6. The van der Waals surface area contributed by atoms with E-state index in [1.54, 1.807) is 0 Å². The first kappa shape index (κ1) is 19.6. The van der Waals surface area contributed by atoms with E-state index in [0.29, 0.717) is 6.54 Å². The molecule has 0 fully saturated rings. The minimum absolute atomic E-state index is 0.00850. The molecule has 0 bridgehead atoms. The molecule has 1 heterocycles. The Labute approximate surface area is 177 Å². The molecule has 3 aromatic carbocycles. The highest BCUT2D eigenvalue weighted by molar-refractivity contribution is 7.99. The topological polar surface area (TPSA) is 32.3 Å². The Balaban J connectivity index is 1.46. The fourth-order valence-corrected chi connectivity index (χ4v) is 4.66. The van der Waals surface area contributed by atoms with Crippen molar-refractivity contribution >= 4 is 23.4 Å². The number of hydrogen-bond donors (Lipinski definition) is 1. The maximum Gasteiger partial charge on any atom is 0.251 e. The highest BCUT2D eigenvalue weighted by Gasteiger charge is 2.20. The van der Waals surface area contributed by atoms with Crippen molar-refractivity contribution in [2.45, 2.75) is 24.3 Å². The Kier molecular flexibility index (Phi) is 6.20. The summed E-state index contributed by atoms with van der Waals surface area (Å²) in [5.41, 5.74) is 4.42. The quantitative estimate of drug-likeness (QED) is 0.605. The summed E-state index contributed by atoms with van der Waals surface area (Å²) < 4.78 is 0. The number of carbonyl (C=O) groups is 1. The molecular weight excluding hydrogens is 376 g/mol. The molecule has 4 heteroatoms. The normalized spacial score (nSPS) is 14.2. The van der Waals surface area contributed by atoms with E-state index in [4.69, 9.17) is 0 Å². The molecule has 1 N–H and O–H groups in total. The molecule has 0 aliphatic carbocycles. The molecule has 3 aromatic rings. The summed E-state index contributed by atoms with van der Waals surface area (Å²) >= 11 is 1.87. The Morgan fingerprint density at radius 3 is 2.52 bits per heavy atom. The van der Waals surface area contributed by atoms with Crippen LogP contribution in [0.3, 0.4) is 0 Å². The fraction of sp³-hybridized carbons (Fsp3) is 0.240. The second-order valence-corrected chi connectivity index (χ2v) is 8.60. The number of nitrogens with one attached hydrogen (secondary N) is 1. The molecule has 0 aromatic heterocycles. The molecule has 1 aliphatic rings. The maximum absolute atomic E-state index is 12.8. The average Bonchev–Trinajstić information content (AvgIpc) is 2.78. The van der Waals surface area contributed by atoms with Gasteiger partial charge in [0.25, 0.3) is 5.91 Å². The van der Waals surface area contributed by atoms with Crippen LogP contribution < -0.4 is 10.2 Å². The van der Waals surface area contributed by atoms with Gasteiger partial charge in [-0.3, -0.25) is 4.79 Å². The average molecular weight is 403 g/mol. The zero-order valence-corrected chi connectivity index (χ0v) is 17.5. The number of amides is 1. The number of hydrogen-bond acceptors (Lipinski definition) is 3. The highest BCUT2D eigenvalue weighted by atomic mass is 32.2. The third kappa shape index (κ3) is 4.83. The van der Waals surface area contributed by atoms with Gasteiger partial charge in [0.15, 0.2) is 0 Å². The minimum Gasteiger partial charge on any atom is -0.365 e. The third-order valence-corrected chi connectivity index (χ3v) is 6.38. The smallest absolute Gasteiger partial charge is 0.251 e. The molecule has 0 saturated heterocycles. The second-order valence-electron chi connectivity index (χ2n) is 7.46. The molecule has 1 atom stereocenters. The van der Waals surface area contributed by atoms with Crippen LogP contribution in [-0.4, -0.2) is 24.7 Å². The molecule has 0 spiro atoms. The zero-order valence-electron chi connectivity index (χ0n) is 16.7. The Morgan fingerprint density at radius 2 is 1.76 bits per heavy atom. The van der Waals surface area contributed by atoms with Gasteiger partial charge in [0, 0.05) is 35.8 Å². The SMILES string of the molecule is CC(CNC(=O)c1ccc2c(c1)N(Cc1ccccc1)CCS2)c1ccccc1. The number of fused-ring (bicyclic) bond motifs is 1. The van der Waals surface area contributed by atoms with Crippen molar-refractivity contribution in [3.63, 3.8) is 0 Å². The summed E-state index contributed by atoms with van der Waals surface area (Å²) in [5, 5.41) is 3.10. The lowest BCUT2D eigenvalue weighted by Crippen LogP contribution is -2.30. The first-order chi connectivity index (χ1) is 14.2. The summed E-state index contributed by atoms with van der Waals surface area (Å²) in [5.74, 6) is 1.34. The molecule has 1 unspecified atom stereocenters. The first-order valence-corrected chi connectivity index (χ1v) is 11.1. The van der Waals surface area contributed by atoms with Gasteiger partial charge in [0.2, 0.25) is 0 Å². The molecule has 29 heavy (non-hydrogen) atoms. The lowest BCUT2D eigenvalue weighted by molar-refractivity contribution is 0.0951. The van der Waals surface area contributed by atoms with E-state index in [2.05, 4.69) is 59.6 Å². The van der Waals surface area contributed by atoms with Crippen molar-refractivity contribution in [3.8, 4) is 0 Å². The second kappa shape index (κ2) is 9.19. The lowest BCUT2D eigenvalue weighted by atomic mass is 10.0. The van der Waals surface area contributed by atoms with Gasteiger partial charge >= 0.3 is 0 Å². The van der Waals surface area contributed by atoms with E-state index in [1.807, 2.05) is 48.2 Å². The van der Waals surface area contributed by atoms with Crippen molar-refractivity contribution in [2.24, 2.45) is 0 Å². The summed E-state index contributed by atoms with van der Waals surface area (Å²) in [6, 6.07) is 26.9. The molecule has 4 rings (SSSR count). The van der Waals surface area contributed by atoms with E-state index in [-0.39, 0.29) is 11.8 Å². The molecule has 3 nitrogen and oxygen atoms in total. The Bertz CT molecular complexity index is 959. The highest BCUT2D eigenvalue weighted by Crippen LogP contribution is 2.36. The van der Waals surface area contributed by atoms with Gasteiger partial charge in [-0.05, 0) is 35.2 Å². The monoisotopic (exact) mass is 402 g/mol. The van der Waals surface area contributed by atoms with Gasteiger partial charge < -0.3 is 10.2 Å². The van der Waals surface area contributed by atoms with E-state index < -0.39 is 0 Å². The number of benzene rings is 3. The van der Waals surface area contributed by atoms with Crippen molar-refractivity contribution < 1.29 is 4.79 Å². The molecule has 0 saturated carbocycles. The van der Waals surface area contributed by atoms with Crippen molar-refractivity contribution in [2.75, 3.05) is 23.7 Å². The molecular formula is C25H26N2OS. The van der Waals surface area contributed by atoms with Crippen LogP contribution >= 0.6 is 11.8 Å². The van der Waals surface area contributed by atoms with Gasteiger partial charge in [0.1, 0.15) is 0 Å². The van der Waals surface area contributed by atoms with Crippen LogP contribution in [-0.2, 0) is 6.54 Å². The molecule has 0 radical (unpaired) electrons. The first-order valence-electron chi connectivity index (χ1n) is 10.1. The summed E-state index contributed by atoms with van der Waals surface area (Å²) in [6.07, 6.45) is 0. The van der Waals surface area contributed by atoms with E-state index in [9.17, 15) is 4.79 Å². The summed E-state index contributed by atoms with van der Waals surface area (Å²) in [4.78, 5) is 16.4. The predicted octanol–water partition coefficient (Wildman–Crippen LogP) is 5.33. The van der Waals surface area contributed by atoms with E-state index >= 15 is 0 Å². The van der Waals surface area contributed by atoms with Crippen molar-refractivity contribution in [1.29, 1.82) is 0 Å². The van der Waals surface area contributed by atoms with Crippen LogP contribution in [0.2, 0.25) is 0 Å². The predicted molar refractivity (Wildman–Crippen MR) is 122 cm³/mol. The van der Waals surface area contributed by atoms with Gasteiger partial charge in [-0.2, -0.15) is 0 Å². The largest absolute Gasteiger partial charge is 0.365 e. The number of anilines is 1. The Morgan fingerprint density at radius 1 is 1.03 bits per heavy atom. The standard InChI is InChI=1S/C25H26N2OS/c1-19(21-10-6-3-7-11-21)17-26-25(28)22-12-13-24-23(16-22)27(14-15-29-24)18-20-8-4-2-5-9-20/h2-13,16,19H,14-15,17-18H2,1H3,(H,26,28). The maximum atomic E-state index is 12.8. The summed E-state index contributed by atoms with van der Waals surface area (Å²) in [6.45, 7) is 4.62. The van der Waals surface area contributed by atoms with Crippen LogP contribution in [0.15, 0.2) is 83.8 Å². The van der Waals surface area contributed by atoms with Crippen LogP contribution in [0.4, 0.5) is 5.69 Å². The zero-order chi connectivity index (χ0) is 20.1. The van der Waals surface area contributed by atoms with E-state index in [0.717, 1.165) is 30.1 Å². The van der Waals surface area contributed by atoms with Crippen molar-refractivity contribution in [3.05, 3.63) is 95.6 Å². The van der Waals surface area contributed by atoms with Crippen LogP contribution in [0.25, 0.3) is 0 Å². The van der Waals surface area contributed by atoms with Crippen LogP contribution in [0, 0.1) is 0 Å². The number of thioether (sulfide) groups is 1. The van der Waals surface area contributed by atoms with Crippen molar-refractivity contribution in [1.82, 2.24) is 5.32 Å². The summed E-state index contributed by atoms with van der Waals surface area (Å²) in [7, 11) is 0. The minimum atomic E-state index is -0.00850. The molecule has 1 aliphatic heterocycles. The van der Waals surface area contributed by atoms with Gasteiger partial charge in [-0.25, -0.2) is 0 Å². The Hall–Kier alpha value is -2.72. The molecule has 148 valence electrons. The van der Waals surface area contributed by atoms with Crippen LogP contribution in [0.5, 0.6) is 0 Å². The van der Waals surface area contributed by atoms with Gasteiger partial charge in [-0.1, -0.05) is 67.6 Å². The number of nitrogens with zero attached hydrogens (tertiary/aromatic N) is 1. The molecule has 1 amide bonds. The number of carbonyl (C=O) groups excluding carboxylic acids is 1. The van der Waals surface area contributed by atoms with Gasteiger partial charge in [0.05, 0.1) is 5.69 Å². The van der Waals surface area contributed by atoms with Gasteiger partial charge in [-0.15, -0.1) is 11.8 Å². The lowest BCUT2D eigenvalue weighted by Gasteiger charge is -2.31.